The van der Waals surface area contributed by atoms with Crippen molar-refractivity contribution in [1.29, 1.82) is 0 Å². The highest BCUT2D eigenvalue weighted by Gasteiger charge is 2.26. The lowest BCUT2D eigenvalue weighted by Gasteiger charge is -2.22. The molecule has 2 aliphatic rings. The van der Waals surface area contributed by atoms with Crippen molar-refractivity contribution in [3.05, 3.63) is 58.7 Å². The van der Waals surface area contributed by atoms with Crippen LogP contribution in [0, 0.1) is 6.92 Å². The molecule has 1 aliphatic heterocycles. The van der Waals surface area contributed by atoms with E-state index in [2.05, 4.69) is 22.9 Å². The van der Waals surface area contributed by atoms with E-state index in [0.29, 0.717) is 19.4 Å². The molecule has 160 valence electrons. The molecule has 1 heterocycles. The molecule has 0 radical (unpaired) electrons. The standard InChI is InChI=1S/C24H30N2O3S/c1-3-22(20-11-10-18-7-4-5-8-19(18)16-20)25-30(28,29)21-12-13-23(17(2)15-21)26-14-6-9-24(26)27/h10-13,15-16,22,25H,3-9,14H2,1-2H3/t22-/m0/s1. The third-order valence-corrected chi connectivity index (χ3v) is 7.79. The predicted molar refractivity (Wildman–Crippen MR) is 119 cm³/mol. The molecule has 30 heavy (non-hydrogen) atoms. The lowest BCUT2D eigenvalue weighted by atomic mass is 9.89. The molecule has 1 fully saturated rings. The quantitative estimate of drug-likeness (QED) is 0.743. The molecule has 1 saturated heterocycles. The van der Waals surface area contributed by atoms with E-state index in [1.54, 1.807) is 23.1 Å². The van der Waals surface area contributed by atoms with E-state index >= 15 is 0 Å². The average molecular weight is 427 g/mol. The van der Waals surface area contributed by atoms with Gasteiger partial charge < -0.3 is 4.90 Å². The largest absolute Gasteiger partial charge is 0.312 e. The summed E-state index contributed by atoms with van der Waals surface area (Å²) in [6, 6.07) is 11.2. The number of nitrogens with one attached hydrogen (secondary N) is 1. The maximum absolute atomic E-state index is 13.1. The van der Waals surface area contributed by atoms with Gasteiger partial charge in [-0.3, -0.25) is 4.79 Å². The molecule has 0 aromatic heterocycles. The molecule has 0 saturated carbocycles. The van der Waals surface area contributed by atoms with E-state index in [9.17, 15) is 13.2 Å². The van der Waals surface area contributed by atoms with Crippen LogP contribution in [-0.2, 0) is 27.7 Å². The summed E-state index contributed by atoms with van der Waals surface area (Å²) in [5.41, 5.74) is 5.38. The van der Waals surface area contributed by atoms with Gasteiger partial charge in [-0.05, 0) is 85.9 Å². The van der Waals surface area contributed by atoms with Gasteiger partial charge in [0.05, 0.1) is 4.90 Å². The van der Waals surface area contributed by atoms with Crippen LogP contribution in [0.4, 0.5) is 5.69 Å². The van der Waals surface area contributed by atoms with Gasteiger partial charge in [-0.15, -0.1) is 0 Å². The van der Waals surface area contributed by atoms with Gasteiger partial charge in [-0.25, -0.2) is 13.1 Å². The number of hydrogen-bond donors (Lipinski definition) is 1. The Hall–Kier alpha value is -2.18. The average Bonchev–Trinajstić information content (AvgIpc) is 3.17. The molecule has 2 aromatic rings. The zero-order chi connectivity index (χ0) is 21.3. The third kappa shape index (κ3) is 4.16. The highest BCUT2D eigenvalue weighted by Crippen LogP contribution is 2.30. The number of amides is 1. The molecular weight excluding hydrogens is 396 g/mol. The Balaban J connectivity index is 1.57. The molecule has 1 atom stereocenters. The van der Waals surface area contributed by atoms with Gasteiger partial charge in [-0.2, -0.15) is 0 Å². The lowest BCUT2D eigenvalue weighted by molar-refractivity contribution is -0.117. The summed E-state index contributed by atoms with van der Waals surface area (Å²) in [6.07, 6.45) is 6.69. The molecule has 1 amide bonds. The van der Waals surface area contributed by atoms with Crippen LogP contribution in [0.25, 0.3) is 0 Å². The minimum atomic E-state index is -3.67. The minimum Gasteiger partial charge on any atom is -0.312 e. The van der Waals surface area contributed by atoms with Crippen molar-refractivity contribution in [1.82, 2.24) is 4.72 Å². The zero-order valence-corrected chi connectivity index (χ0v) is 18.6. The van der Waals surface area contributed by atoms with Gasteiger partial charge in [0.25, 0.3) is 0 Å². The molecule has 0 unspecified atom stereocenters. The van der Waals surface area contributed by atoms with E-state index in [0.717, 1.165) is 36.1 Å². The van der Waals surface area contributed by atoms with Gasteiger partial charge in [0, 0.05) is 24.7 Å². The van der Waals surface area contributed by atoms with Gasteiger partial charge in [0.15, 0.2) is 0 Å². The monoisotopic (exact) mass is 426 g/mol. The van der Waals surface area contributed by atoms with E-state index in [1.165, 1.54) is 24.0 Å². The first-order chi connectivity index (χ1) is 14.4. The fraction of sp³-hybridized carbons (Fsp3) is 0.458. The summed E-state index contributed by atoms with van der Waals surface area (Å²) in [5, 5.41) is 0. The van der Waals surface area contributed by atoms with Crippen molar-refractivity contribution >= 4 is 21.6 Å². The van der Waals surface area contributed by atoms with Gasteiger partial charge in [0.1, 0.15) is 0 Å². The second-order valence-electron chi connectivity index (χ2n) is 8.41. The summed E-state index contributed by atoms with van der Waals surface area (Å²) < 4.78 is 29.1. The van der Waals surface area contributed by atoms with Crippen LogP contribution in [0.2, 0.25) is 0 Å². The number of rotatable bonds is 6. The molecule has 1 aliphatic carbocycles. The Morgan fingerprint density at radius 3 is 2.43 bits per heavy atom. The van der Waals surface area contributed by atoms with E-state index < -0.39 is 10.0 Å². The highest BCUT2D eigenvalue weighted by atomic mass is 32.2. The number of nitrogens with zero attached hydrogens (tertiary/aromatic N) is 1. The molecule has 6 heteroatoms. The van der Waals surface area contributed by atoms with E-state index in [1.807, 2.05) is 13.8 Å². The number of carbonyl (C=O) groups is 1. The summed E-state index contributed by atoms with van der Waals surface area (Å²) in [7, 11) is -3.67. The van der Waals surface area contributed by atoms with Crippen LogP contribution >= 0.6 is 0 Å². The Morgan fingerprint density at radius 1 is 1.00 bits per heavy atom. The number of benzene rings is 2. The third-order valence-electron chi connectivity index (χ3n) is 6.32. The molecule has 5 nitrogen and oxygen atoms in total. The maximum atomic E-state index is 13.1. The molecule has 1 N–H and O–H groups in total. The van der Waals surface area contributed by atoms with Crippen LogP contribution < -0.4 is 9.62 Å². The molecule has 0 spiro atoms. The van der Waals surface area contributed by atoms with Crippen LogP contribution in [0.5, 0.6) is 0 Å². The summed E-state index contributed by atoms with van der Waals surface area (Å²) in [5.74, 6) is 0.102. The predicted octanol–water partition coefficient (Wildman–Crippen LogP) is 4.43. The summed E-state index contributed by atoms with van der Waals surface area (Å²) in [6.45, 7) is 4.56. The molecule has 0 bridgehead atoms. The van der Waals surface area contributed by atoms with Crippen molar-refractivity contribution in [2.45, 2.75) is 69.7 Å². The Labute approximate surface area is 179 Å². The smallest absolute Gasteiger partial charge is 0.241 e. The van der Waals surface area contributed by atoms with E-state index in [-0.39, 0.29) is 16.8 Å². The number of carbonyl (C=O) groups excluding carboxylic acids is 1. The number of fused-ring (bicyclic) bond motifs is 1. The number of aryl methyl sites for hydroxylation is 3. The summed E-state index contributed by atoms with van der Waals surface area (Å²) >= 11 is 0. The fourth-order valence-electron chi connectivity index (χ4n) is 4.61. The number of hydrogen-bond acceptors (Lipinski definition) is 3. The number of sulfonamides is 1. The Kier molecular flexibility index (Phi) is 5.98. The first-order valence-electron chi connectivity index (χ1n) is 10.9. The fourth-order valence-corrected chi connectivity index (χ4v) is 6.01. The topological polar surface area (TPSA) is 66.5 Å². The Morgan fingerprint density at radius 2 is 1.77 bits per heavy atom. The second kappa shape index (κ2) is 8.52. The van der Waals surface area contributed by atoms with Gasteiger partial charge in [-0.1, -0.05) is 25.1 Å². The van der Waals surface area contributed by atoms with Crippen molar-refractivity contribution in [3.8, 4) is 0 Å². The summed E-state index contributed by atoms with van der Waals surface area (Å²) in [4.78, 5) is 14.0. The molecular formula is C24H30N2O3S. The van der Waals surface area contributed by atoms with E-state index in [4.69, 9.17) is 0 Å². The SMILES string of the molecule is CC[C@H](NS(=O)(=O)c1ccc(N2CCCC2=O)c(C)c1)c1ccc2c(c1)CCCC2. The first-order valence-corrected chi connectivity index (χ1v) is 12.4. The van der Waals surface area contributed by atoms with Crippen molar-refractivity contribution in [3.63, 3.8) is 0 Å². The van der Waals surface area contributed by atoms with Crippen LogP contribution in [0.1, 0.15) is 67.3 Å². The molecule has 4 rings (SSSR count). The first kappa shape index (κ1) is 21.1. The van der Waals surface area contributed by atoms with Crippen molar-refractivity contribution in [2.75, 3.05) is 11.4 Å². The highest BCUT2D eigenvalue weighted by molar-refractivity contribution is 7.89. The van der Waals surface area contributed by atoms with Crippen molar-refractivity contribution < 1.29 is 13.2 Å². The lowest BCUT2D eigenvalue weighted by Crippen LogP contribution is -2.29. The van der Waals surface area contributed by atoms with Crippen molar-refractivity contribution in [2.24, 2.45) is 0 Å². The van der Waals surface area contributed by atoms with Gasteiger partial charge >= 0.3 is 0 Å². The normalized spacial score (nSPS) is 17.8. The maximum Gasteiger partial charge on any atom is 0.241 e. The number of anilines is 1. The van der Waals surface area contributed by atoms with Crippen LogP contribution in [0.3, 0.4) is 0 Å². The minimum absolute atomic E-state index is 0.102. The van der Waals surface area contributed by atoms with Crippen LogP contribution in [0.15, 0.2) is 41.3 Å². The zero-order valence-electron chi connectivity index (χ0n) is 17.8. The second-order valence-corrected chi connectivity index (χ2v) is 10.1. The van der Waals surface area contributed by atoms with Gasteiger partial charge in [0.2, 0.25) is 15.9 Å². The van der Waals surface area contributed by atoms with Crippen LogP contribution in [-0.4, -0.2) is 20.9 Å². The molecule has 2 aromatic carbocycles. The Bertz CT molecular complexity index is 1060.